The highest BCUT2D eigenvalue weighted by molar-refractivity contribution is 5.82. The molecule has 0 saturated heterocycles. The highest BCUT2D eigenvalue weighted by Crippen LogP contribution is 2.21. The van der Waals surface area contributed by atoms with Gasteiger partial charge in [-0.2, -0.15) is 9.67 Å². The molecule has 0 bridgehead atoms. The molecule has 3 aromatic rings. The molecule has 1 aromatic heterocycles. The molecule has 0 saturated carbocycles. The molecule has 0 atom stereocenters. The van der Waals surface area contributed by atoms with Crippen molar-refractivity contribution in [1.82, 2.24) is 5.43 Å². The molecule has 0 aliphatic carbocycles. The Labute approximate surface area is 158 Å². The zero-order valence-electron chi connectivity index (χ0n) is 14.0. The minimum absolute atomic E-state index is 0. The smallest absolute Gasteiger partial charge is 0.305 e. The summed E-state index contributed by atoms with van der Waals surface area (Å²) in [6, 6.07) is 22.7. The molecule has 0 radical (unpaired) electrons. The van der Waals surface area contributed by atoms with Crippen LogP contribution in [-0.2, 0) is 11.3 Å². The first-order valence-corrected chi connectivity index (χ1v) is 7.88. The lowest BCUT2D eigenvalue weighted by Crippen LogP contribution is -3.00. The SMILES string of the molecule is O=C(C[n+]1ccccc1)NN=Cc1cccc(Oc2ccccc2)c1.[Cl-]. The first-order chi connectivity index (χ1) is 12.3. The van der Waals surface area contributed by atoms with Crippen LogP contribution in [0.1, 0.15) is 5.56 Å². The number of para-hydroxylation sites is 1. The largest absolute Gasteiger partial charge is 1.00 e. The zero-order chi connectivity index (χ0) is 17.3. The lowest BCUT2D eigenvalue weighted by atomic mass is 10.2. The van der Waals surface area contributed by atoms with Crippen LogP contribution in [-0.4, -0.2) is 12.1 Å². The van der Waals surface area contributed by atoms with Crippen LogP contribution >= 0.6 is 0 Å². The van der Waals surface area contributed by atoms with Gasteiger partial charge in [0.15, 0.2) is 12.4 Å². The third kappa shape index (κ3) is 6.03. The second-order valence-electron chi connectivity index (χ2n) is 5.33. The van der Waals surface area contributed by atoms with Crippen LogP contribution in [0.4, 0.5) is 0 Å². The van der Waals surface area contributed by atoms with Crippen LogP contribution in [0.25, 0.3) is 0 Å². The Bertz CT molecular complexity index is 855. The normalized spacial score (nSPS) is 10.2. The van der Waals surface area contributed by atoms with E-state index >= 15 is 0 Å². The number of hydrogen-bond donors (Lipinski definition) is 1. The van der Waals surface area contributed by atoms with Crippen molar-refractivity contribution in [2.75, 3.05) is 0 Å². The van der Waals surface area contributed by atoms with Crippen LogP contribution in [0.3, 0.4) is 0 Å². The molecular formula is C20H18ClN3O2. The Hall–Kier alpha value is -3.18. The van der Waals surface area contributed by atoms with Crippen molar-refractivity contribution in [3.05, 3.63) is 90.8 Å². The Kier molecular flexibility index (Phi) is 7.33. The van der Waals surface area contributed by atoms with Crippen LogP contribution in [0, 0.1) is 0 Å². The summed E-state index contributed by atoms with van der Waals surface area (Å²) in [5, 5.41) is 3.99. The summed E-state index contributed by atoms with van der Waals surface area (Å²) in [7, 11) is 0. The fourth-order valence-corrected chi connectivity index (χ4v) is 2.20. The van der Waals surface area contributed by atoms with Crippen molar-refractivity contribution < 1.29 is 26.5 Å². The lowest BCUT2D eigenvalue weighted by molar-refractivity contribution is -0.684. The van der Waals surface area contributed by atoms with Gasteiger partial charge < -0.3 is 17.1 Å². The van der Waals surface area contributed by atoms with Crippen LogP contribution < -0.4 is 27.1 Å². The second kappa shape index (κ2) is 9.96. The van der Waals surface area contributed by atoms with Crippen molar-refractivity contribution in [3.63, 3.8) is 0 Å². The van der Waals surface area contributed by atoms with E-state index < -0.39 is 0 Å². The molecule has 1 N–H and O–H groups in total. The molecule has 1 heterocycles. The molecule has 5 nitrogen and oxygen atoms in total. The maximum absolute atomic E-state index is 11.8. The average Bonchev–Trinajstić information content (AvgIpc) is 2.64. The van der Waals surface area contributed by atoms with E-state index in [0.717, 1.165) is 11.3 Å². The zero-order valence-corrected chi connectivity index (χ0v) is 14.7. The first-order valence-electron chi connectivity index (χ1n) is 7.88. The van der Waals surface area contributed by atoms with E-state index in [2.05, 4.69) is 10.5 Å². The molecule has 2 aromatic carbocycles. The highest BCUT2D eigenvalue weighted by Gasteiger charge is 2.06. The summed E-state index contributed by atoms with van der Waals surface area (Å²) in [6.07, 6.45) is 5.24. The number of carbonyl (C=O) groups is 1. The van der Waals surface area contributed by atoms with E-state index in [4.69, 9.17) is 4.74 Å². The molecule has 0 unspecified atom stereocenters. The Morgan fingerprint density at radius 1 is 0.962 bits per heavy atom. The summed E-state index contributed by atoms with van der Waals surface area (Å²) in [4.78, 5) is 11.8. The van der Waals surface area contributed by atoms with Crippen LogP contribution in [0.15, 0.2) is 90.3 Å². The molecule has 0 fully saturated rings. The summed E-state index contributed by atoms with van der Waals surface area (Å²) < 4.78 is 7.55. The van der Waals surface area contributed by atoms with E-state index in [1.54, 1.807) is 10.8 Å². The maximum atomic E-state index is 11.8. The number of carbonyl (C=O) groups excluding carboxylic acids is 1. The van der Waals surface area contributed by atoms with Gasteiger partial charge in [0, 0.05) is 12.1 Å². The van der Waals surface area contributed by atoms with E-state index in [1.165, 1.54) is 0 Å². The fraction of sp³-hybridized carbons (Fsp3) is 0.0500. The van der Waals surface area contributed by atoms with Gasteiger partial charge in [0.2, 0.25) is 6.54 Å². The summed E-state index contributed by atoms with van der Waals surface area (Å²) in [5.74, 6) is 1.29. The van der Waals surface area contributed by atoms with Crippen LogP contribution in [0.5, 0.6) is 11.5 Å². The van der Waals surface area contributed by atoms with Gasteiger partial charge in [-0.25, -0.2) is 5.43 Å². The molecule has 132 valence electrons. The van der Waals surface area contributed by atoms with Crippen molar-refractivity contribution in [3.8, 4) is 11.5 Å². The number of rotatable bonds is 6. The van der Waals surface area contributed by atoms with Crippen molar-refractivity contribution in [2.45, 2.75) is 6.54 Å². The van der Waals surface area contributed by atoms with Crippen molar-refractivity contribution in [1.29, 1.82) is 0 Å². The predicted octanol–water partition coefficient (Wildman–Crippen LogP) is -0.0793. The Balaban J connectivity index is 0.00000243. The molecule has 6 heteroatoms. The minimum Gasteiger partial charge on any atom is -1.00 e. The van der Waals surface area contributed by atoms with Crippen LogP contribution in [0.2, 0.25) is 0 Å². The van der Waals surface area contributed by atoms with Crippen molar-refractivity contribution in [2.24, 2.45) is 5.10 Å². The van der Waals surface area contributed by atoms with E-state index in [9.17, 15) is 4.79 Å². The number of nitrogens with zero attached hydrogens (tertiary/aromatic N) is 2. The number of hydrogen-bond acceptors (Lipinski definition) is 3. The molecule has 0 spiro atoms. The molecule has 0 aliphatic rings. The number of halogens is 1. The van der Waals surface area contributed by atoms with Gasteiger partial charge in [-0.1, -0.05) is 36.4 Å². The van der Waals surface area contributed by atoms with E-state index in [0.29, 0.717) is 5.75 Å². The minimum atomic E-state index is -0.191. The average molecular weight is 368 g/mol. The van der Waals surface area contributed by atoms with Gasteiger partial charge in [-0.15, -0.1) is 0 Å². The highest BCUT2D eigenvalue weighted by atomic mass is 35.5. The maximum Gasteiger partial charge on any atom is 0.305 e. The molecule has 1 amide bonds. The third-order valence-electron chi connectivity index (χ3n) is 3.34. The van der Waals surface area contributed by atoms with Crippen molar-refractivity contribution >= 4 is 12.1 Å². The molecular weight excluding hydrogens is 350 g/mol. The standard InChI is InChI=1S/C20H17N3O2.ClH/c24-20(16-23-12-5-2-6-13-23)22-21-15-17-8-7-11-19(14-17)25-18-9-3-1-4-10-18;/h1-15H,16H2;1H. The number of pyridine rings is 1. The summed E-state index contributed by atoms with van der Waals surface area (Å²) in [5.41, 5.74) is 3.35. The van der Waals surface area contributed by atoms with E-state index in [-0.39, 0.29) is 24.9 Å². The monoisotopic (exact) mass is 367 g/mol. The summed E-state index contributed by atoms with van der Waals surface area (Å²) in [6.45, 7) is 0.218. The van der Waals surface area contributed by atoms with Gasteiger partial charge in [0.05, 0.1) is 6.21 Å². The third-order valence-corrected chi connectivity index (χ3v) is 3.34. The van der Waals surface area contributed by atoms with Gasteiger partial charge in [-0.05, 0) is 29.8 Å². The quantitative estimate of drug-likeness (QED) is 0.376. The fourth-order valence-electron chi connectivity index (χ4n) is 2.20. The Morgan fingerprint density at radius 2 is 1.65 bits per heavy atom. The molecule has 26 heavy (non-hydrogen) atoms. The number of hydrazone groups is 1. The van der Waals surface area contributed by atoms with Gasteiger partial charge in [0.1, 0.15) is 11.5 Å². The van der Waals surface area contributed by atoms with Gasteiger partial charge >= 0.3 is 5.91 Å². The second-order valence-corrected chi connectivity index (χ2v) is 5.33. The molecule has 0 aliphatic heterocycles. The van der Waals surface area contributed by atoms with Gasteiger partial charge in [-0.3, -0.25) is 4.79 Å². The number of benzene rings is 2. The number of aromatic nitrogens is 1. The van der Waals surface area contributed by atoms with Gasteiger partial charge in [0.25, 0.3) is 0 Å². The predicted molar refractivity (Wildman–Crippen MR) is 95.3 cm³/mol. The number of amides is 1. The topological polar surface area (TPSA) is 54.6 Å². The number of ether oxygens (including phenoxy) is 1. The summed E-state index contributed by atoms with van der Waals surface area (Å²) >= 11 is 0. The molecule has 3 rings (SSSR count). The lowest BCUT2D eigenvalue weighted by Gasteiger charge is -2.05. The first kappa shape index (κ1) is 19.1. The number of nitrogens with one attached hydrogen (secondary N) is 1. The Morgan fingerprint density at radius 3 is 2.42 bits per heavy atom. The van der Waals surface area contributed by atoms with E-state index in [1.807, 2.05) is 85.2 Å².